The number of nitrogens with zero attached hydrogens (tertiary/aromatic N) is 7. The average Bonchev–Trinajstić information content (AvgIpc) is 3.41. The van der Waals surface area contributed by atoms with E-state index >= 15 is 0 Å². The molecule has 1 aliphatic rings. The molecule has 2 N–H and O–H groups in total. The lowest BCUT2D eigenvalue weighted by atomic mass is 10.0. The van der Waals surface area contributed by atoms with E-state index in [-0.39, 0.29) is 11.9 Å². The van der Waals surface area contributed by atoms with Gasteiger partial charge in [-0.2, -0.15) is 9.78 Å². The molecule has 1 aliphatic heterocycles. The van der Waals surface area contributed by atoms with E-state index in [0.717, 1.165) is 18.7 Å². The molecule has 1 amide bonds. The average molecular weight is 367 g/mol. The minimum absolute atomic E-state index is 0.0892. The highest BCUT2D eigenvalue weighted by Gasteiger charge is 2.24. The number of aromatic amines is 1. The van der Waals surface area contributed by atoms with Crippen molar-refractivity contribution < 1.29 is 4.79 Å². The summed E-state index contributed by atoms with van der Waals surface area (Å²) in [6.45, 7) is 2.54. The maximum atomic E-state index is 12.8. The first kappa shape index (κ1) is 17.3. The number of amides is 1. The maximum Gasteiger partial charge on any atom is 0.256 e. The van der Waals surface area contributed by atoms with Crippen molar-refractivity contribution in [1.82, 2.24) is 45.6 Å². The number of aromatic nitrogens is 7. The molecule has 140 valence electrons. The second kappa shape index (κ2) is 8.04. The van der Waals surface area contributed by atoms with Gasteiger partial charge in [0, 0.05) is 18.9 Å². The number of piperidine rings is 1. The number of hydrogen-bond donors (Lipinski definition) is 2. The molecule has 1 fully saturated rings. The summed E-state index contributed by atoms with van der Waals surface area (Å²) in [5.74, 6) is 0.216. The van der Waals surface area contributed by atoms with E-state index in [2.05, 4.69) is 47.0 Å². The molecule has 3 aromatic rings. The number of rotatable bonds is 6. The minimum Gasteiger partial charge on any atom is -0.350 e. The summed E-state index contributed by atoms with van der Waals surface area (Å²) in [6.07, 6.45) is 10.1. The van der Waals surface area contributed by atoms with Gasteiger partial charge in [-0.05, 0) is 48.0 Å². The van der Waals surface area contributed by atoms with Gasteiger partial charge in [-0.25, -0.2) is 0 Å². The number of carbonyl (C=O) groups excluding carboxylic acids is 1. The SMILES string of the molecule is O=C(NCC(c1cccnc1)N1CCCCC1)c1cn[nH]c1-n1cnnn1. The third-order valence-electron chi connectivity index (χ3n) is 4.80. The second-order valence-electron chi connectivity index (χ2n) is 6.50. The summed E-state index contributed by atoms with van der Waals surface area (Å²) in [7, 11) is 0. The van der Waals surface area contributed by atoms with Crippen LogP contribution in [0, 0.1) is 0 Å². The van der Waals surface area contributed by atoms with Crippen molar-refractivity contribution in [3.8, 4) is 5.82 Å². The van der Waals surface area contributed by atoms with E-state index < -0.39 is 0 Å². The van der Waals surface area contributed by atoms with Crippen molar-refractivity contribution in [1.29, 1.82) is 0 Å². The summed E-state index contributed by atoms with van der Waals surface area (Å²) < 4.78 is 1.38. The van der Waals surface area contributed by atoms with E-state index in [1.807, 2.05) is 12.3 Å². The van der Waals surface area contributed by atoms with Gasteiger partial charge in [0.05, 0.1) is 12.2 Å². The number of nitrogens with one attached hydrogen (secondary N) is 2. The zero-order valence-corrected chi connectivity index (χ0v) is 14.8. The van der Waals surface area contributed by atoms with E-state index in [1.165, 1.54) is 36.5 Å². The van der Waals surface area contributed by atoms with Crippen LogP contribution in [0.5, 0.6) is 0 Å². The molecule has 1 atom stereocenters. The van der Waals surface area contributed by atoms with Gasteiger partial charge in [-0.1, -0.05) is 12.5 Å². The number of carbonyl (C=O) groups is 1. The molecule has 0 aromatic carbocycles. The van der Waals surface area contributed by atoms with Crippen LogP contribution in [0.3, 0.4) is 0 Å². The Bertz CT molecular complexity index is 856. The number of H-pyrrole nitrogens is 1. The number of pyridine rings is 1. The fraction of sp³-hybridized carbons (Fsp3) is 0.412. The van der Waals surface area contributed by atoms with E-state index in [4.69, 9.17) is 0 Å². The molecule has 4 heterocycles. The van der Waals surface area contributed by atoms with Gasteiger partial charge in [0.15, 0.2) is 5.82 Å². The zero-order chi connectivity index (χ0) is 18.5. The van der Waals surface area contributed by atoms with E-state index in [9.17, 15) is 4.79 Å². The van der Waals surface area contributed by atoms with Crippen molar-refractivity contribution >= 4 is 5.91 Å². The van der Waals surface area contributed by atoms with Gasteiger partial charge < -0.3 is 5.32 Å². The molecule has 1 saturated heterocycles. The second-order valence-corrected chi connectivity index (χ2v) is 6.50. The van der Waals surface area contributed by atoms with E-state index in [0.29, 0.717) is 17.9 Å². The summed E-state index contributed by atoms with van der Waals surface area (Å²) in [5.41, 5.74) is 1.50. The Labute approximate surface area is 156 Å². The number of hydrogen-bond acceptors (Lipinski definition) is 7. The van der Waals surface area contributed by atoms with Crippen molar-refractivity contribution in [2.24, 2.45) is 0 Å². The Kier molecular flexibility index (Phi) is 5.15. The van der Waals surface area contributed by atoms with Crippen LogP contribution in [0.4, 0.5) is 0 Å². The van der Waals surface area contributed by atoms with Crippen LogP contribution in [0.2, 0.25) is 0 Å². The maximum absolute atomic E-state index is 12.8. The van der Waals surface area contributed by atoms with Crippen LogP contribution in [0.1, 0.15) is 41.2 Å². The molecule has 4 rings (SSSR count). The quantitative estimate of drug-likeness (QED) is 0.660. The predicted molar refractivity (Wildman–Crippen MR) is 96.0 cm³/mol. The highest BCUT2D eigenvalue weighted by atomic mass is 16.1. The number of likely N-dealkylation sites (tertiary alicyclic amines) is 1. The van der Waals surface area contributed by atoms with Gasteiger partial charge in [0.25, 0.3) is 5.91 Å². The first-order chi connectivity index (χ1) is 13.3. The summed E-state index contributed by atoms with van der Waals surface area (Å²) in [5, 5.41) is 20.7. The zero-order valence-electron chi connectivity index (χ0n) is 14.8. The smallest absolute Gasteiger partial charge is 0.256 e. The van der Waals surface area contributed by atoms with Gasteiger partial charge >= 0.3 is 0 Å². The lowest BCUT2D eigenvalue weighted by molar-refractivity contribution is 0.0924. The highest BCUT2D eigenvalue weighted by molar-refractivity contribution is 5.96. The van der Waals surface area contributed by atoms with Gasteiger partial charge in [-0.3, -0.25) is 19.8 Å². The van der Waals surface area contributed by atoms with Gasteiger partial charge in [-0.15, -0.1) is 5.10 Å². The molecule has 27 heavy (non-hydrogen) atoms. The van der Waals surface area contributed by atoms with Crippen molar-refractivity contribution in [2.75, 3.05) is 19.6 Å². The fourth-order valence-electron chi connectivity index (χ4n) is 3.43. The van der Waals surface area contributed by atoms with Crippen LogP contribution in [0.25, 0.3) is 5.82 Å². The third kappa shape index (κ3) is 3.85. The summed E-state index contributed by atoms with van der Waals surface area (Å²) >= 11 is 0. The molecular formula is C17H21N9O. The fourth-order valence-corrected chi connectivity index (χ4v) is 3.43. The van der Waals surface area contributed by atoms with Crippen molar-refractivity contribution in [3.05, 3.63) is 48.2 Å². The largest absolute Gasteiger partial charge is 0.350 e. The molecule has 3 aromatic heterocycles. The Morgan fingerprint density at radius 2 is 2.15 bits per heavy atom. The minimum atomic E-state index is -0.222. The standard InChI is InChI=1S/C17H21N9O/c27-17(14-10-20-22-16(14)26-12-21-23-24-26)19-11-15(13-5-4-6-18-9-13)25-7-2-1-3-8-25/h4-6,9-10,12,15H,1-3,7-8,11H2,(H,19,27)(H,20,22). The molecule has 10 nitrogen and oxygen atoms in total. The first-order valence-corrected chi connectivity index (χ1v) is 9.02. The summed E-state index contributed by atoms with van der Waals surface area (Å²) in [6, 6.07) is 4.08. The normalized spacial score (nSPS) is 16.1. The van der Waals surface area contributed by atoms with Crippen molar-refractivity contribution in [3.63, 3.8) is 0 Å². The van der Waals surface area contributed by atoms with Crippen LogP contribution in [-0.2, 0) is 0 Å². The lowest BCUT2D eigenvalue weighted by Crippen LogP contribution is -2.40. The summed E-state index contributed by atoms with van der Waals surface area (Å²) in [4.78, 5) is 19.4. The van der Waals surface area contributed by atoms with E-state index in [1.54, 1.807) is 6.20 Å². The third-order valence-corrected chi connectivity index (χ3v) is 4.80. The van der Waals surface area contributed by atoms with Crippen LogP contribution in [0.15, 0.2) is 37.1 Å². The van der Waals surface area contributed by atoms with Gasteiger partial charge in [0.1, 0.15) is 11.9 Å². The molecule has 0 saturated carbocycles. The Morgan fingerprint density at radius 1 is 1.26 bits per heavy atom. The molecule has 10 heteroatoms. The predicted octanol–water partition coefficient (Wildman–Crippen LogP) is 0.737. The molecule has 0 radical (unpaired) electrons. The topological polar surface area (TPSA) is 118 Å². The molecule has 1 unspecified atom stereocenters. The Morgan fingerprint density at radius 3 is 2.89 bits per heavy atom. The number of tetrazole rings is 1. The van der Waals surface area contributed by atoms with Gasteiger partial charge in [0.2, 0.25) is 0 Å². The molecule has 0 aliphatic carbocycles. The Balaban J connectivity index is 1.49. The monoisotopic (exact) mass is 367 g/mol. The van der Waals surface area contributed by atoms with Crippen molar-refractivity contribution in [2.45, 2.75) is 25.3 Å². The molecular weight excluding hydrogens is 346 g/mol. The van der Waals surface area contributed by atoms with Crippen LogP contribution >= 0.6 is 0 Å². The molecule has 0 spiro atoms. The Hall–Kier alpha value is -3.14. The van der Waals surface area contributed by atoms with Crippen LogP contribution < -0.4 is 5.32 Å². The van der Waals surface area contributed by atoms with Crippen LogP contribution in [-0.4, -0.2) is 65.8 Å². The first-order valence-electron chi connectivity index (χ1n) is 9.02. The molecule has 0 bridgehead atoms. The lowest BCUT2D eigenvalue weighted by Gasteiger charge is -2.34. The highest BCUT2D eigenvalue weighted by Crippen LogP contribution is 2.23.